The molecule has 19 heavy (non-hydrogen) atoms. The minimum Gasteiger partial charge on any atom is -0.327 e. The predicted octanol–water partition coefficient (Wildman–Crippen LogP) is 3.51. The normalized spacial score (nSPS) is 10.3. The number of rotatable bonds is 4. The summed E-state index contributed by atoms with van der Waals surface area (Å²) in [5.41, 5.74) is 3.39. The lowest BCUT2D eigenvalue weighted by Gasteiger charge is -2.21. The Morgan fingerprint density at radius 1 is 1.11 bits per heavy atom. The van der Waals surface area contributed by atoms with Crippen LogP contribution in [0, 0.1) is 18.4 Å². The Kier molecular flexibility index (Phi) is 4.30. The van der Waals surface area contributed by atoms with Gasteiger partial charge >= 0.3 is 0 Å². The molecule has 0 heterocycles. The lowest BCUT2D eigenvalue weighted by atomic mass is 10.1. The van der Waals surface area contributed by atoms with Crippen molar-refractivity contribution >= 4 is 12.0 Å². The molecule has 0 saturated carbocycles. The quantitative estimate of drug-likeness (QED) is 0.472. The molecule has 0 atom stereocenters. The standard InChI is InChI=1S/C16H15N3/c1-14-7-5-6-10-16(14)19(13-18-12-17)11-15-8-3-2-4-9-15/h2-10,13H,11H2,1H3. The Morgan fingerprint density at radius 3 is 2.47 bits per heavy atom. The van der Waals surface area contributed by atoms with E-state index in [2.05, 4.69) is 17.1 Å². The van der Waals surface area contributed by atoms with E-state index in [4.69, 9.17) is 5.26 Å². The van der Waals surface area contributed by atoms with Gasteiger partial charge in [0.05, 0.1) is 0 Å². The third-order valence-corrected chi connectivity index (χ3v) is 2.88. The number of hydrogen-bond donors (Lipinski definition) is 0. The first kappa shape index (κ1) is 12.8. The highest BCUT2D eigenvalue weighted by Crippen LogP contribution is 2.20. The molecule has 0 spiro atoms. The van der Waals surface area contributed by atoms with E-state index in [1.165, 1.54) is 5.56 Å². The van der Waals surface area contributed by atoms with Crippen LogP contribution in [-0.2, 0) is 6.54 Å². The third kappa shape index (κ3) is 3.43. The second-order valence-corrected chi connectivity index (χ2v) is 4.24. The fourth-order valence-electron chi connectivity index (χ4n) is 1.95. The first-order valence-electron chi connectivity index (χ1n) is 6.10. The smallest absolute Gasteiger partial charge is 0.207 e. The number of aliphatic imine (C=N–C) groups is 1. The molecule has 0 saturated heterocycles. The van der Waals surface area contributed by atoms with Gasteiger partial charge in [0.15, 0.2) is 0 Å². The summed E-state index contributed by atoms with van der Waals surface area (Å²) in [6.45, 7) is 2.74. The maximum Gasteiger partial charge on any atom is 0.207 e. The van der Waals surface area contributed by atoms with Gasteiger partial charge in [-0.1, -0.05) is 48.5 Å². The molecule has 0 N–H and O–H groups in total. The second kappa shape index (κ2) is 6.36. The highest BCUT2D eigenvalue weighted by atomic mass is 15.2. The van der Waals surface area contributed by atoms with Crippen molar-refractivity contribution in [1.29, 1.82) is 5.26 Å². The highest BCUT2D eigenvalue weighted by molar-refractivity contribution is 5.81. The molecule has 3 nitrogen and oxygen atoms in total. The van der Waals surface area contributed by atoms with Crippen LogP contribution in [0.3, 0.4) is 0 Å². The maximum absolute atomic E-state index is 8.62. The summed E-state index contributed by atoms with van der Waals surface area (Å²) in [6.07, 6.45) is 3.38. The summed E-state index contributed by atoms with van der Waals surface area (Å²) < 4.78 is 0. The summed E-state index contributed by atoms with van der Waals surface area (Å²) >= 11 is 0. The molecule has 2 aromatic rings. The van der Waals surface area contributed by atoms with Crippen molar-refractivity contribution in [2.45, 2.75) is 13.5 Å². The SMILES string of the molecule is Cc1ccccc1N(C=NC#N)Cc1ccccc1. The van der Waals surface area contributed by atoms with Gasteiger partial charge < -0.3 is 4.90 Å². The van der Waals surface area contributed by atoms with Crippen LogP contribution in [0.25, 0.3) is 0 Å². The number of aryl methyl sites for hydroxylation is 1. The van der Waals surface area contributed by atoms with E-state index in [-0.39, 0.29) is 0 Å². The van der Waals surface area contributed by atoms with Gasteiger partial charge in [-0.25, -0.2) is 0 Å². The molecule has 0 amide bonds. The Hall–Kier alpha value is -2.60. The Morgan fingerprint density at radius 2 is 1.79 bits per heavy atom. The van der Waals surface area contributed by atoms with Crippen LogP contribution in [0.5, 0.6) is 0 Å². The average Bonchev–Trinajstić information content (AvgIpc) is 2.45. The first-order chi connectivity index (χ1) is 9.31. The van der Waals surface area contributed by atoms with Crippen molar-refractivity contribution in [3.63, 3.8) is 0 Å². The molecule has 0 radical (unpaired) electrons. The summed E-state index contributed by atoms with van der Waals surface area (Å²) in [5.74, 6) is 0. The molecular weight excluding hydrogens is 234 g/mol. The van der Waals surface area contributed by atoms with Gasteiger partial charge in [0, 0.05) is 12.2 Å². The lowest BCUT2D eigenvalue weighted by Crippen LogP contribution is -2.21. The number of nitriles is 1. The number of anilines is 1. The molecule has 94 valence electrons. The van der Waals surface area contributed by atoms with Gasteiger partial charge in [0.25, 0.3) is 0 Å². The monoisotopic (exact) mass is 249 g/mol. The Bertz CT molecular complexity index is 597. The summed E-state index contributed by atoms with van der Waals surface area (Å²) in [5, 5.41) is 8.62. The summed E-state index contributed by atoms with van der Waals surface area (Å²) in [7, 11) is 0. The van der Waals surface area contributed by atoms with Crippen LogP contribution in [0.15, 0.2) is 59.6 Å². The van der Waals surface area contributed by atoms with Gasteiger partial charge in [0.1, 0.15) is 6.34 Å². The number of para-hydroxylation sites is 1. The maximum atomic E-state index is 8.62. The largest absolute Gasteiger partial charge is 0.327 e. The number of hydrogen-bond acceptors (Lipinski definition) is 2. The fourth-order valence-corrected chi connectivity index (χ4v) is 1.95. The Labute approximate surface area is 113 Å². The molecule has 0 aliphatic carbocycles. The zero-order valence-electron chi connectivity index (χ0n) is 10.8. The van der Waals surface area contributed by atoms with Crippen molar-refractivity contribution in [1.82, 2.24) is 0 Å². The van der Waals surface area contributed by atoms with Crippen molar-refractivity contribution in [2.75, 3.05) is 4.90 Å². The molecule has 0 aliphatic heterocycles. The third-order valence-electron chi connectivity index (χ3n) is 2.88. The summed E-state index contributed by atoms with van der Waals surface area (Å²) in [4.78, 5) is 5.67. The van der Waals surface area contributed by atoms with Crippen LogP contribution in [-0.4, -0.2) is 6.34 Å². The van der Waals surface area contributed by atoms with Gasteiger partial charge in [-0.3, -0.25) is 0 Å². The Balaban J connectivity index is 2.30. The van der Waals surface area contributed by atoms with Crippen LogP contribution in [0.1, 0.15) is 11.1 Å². The molecule has 2 rings (SSSR count). The minimum absolute atomic E-state index is 0.691. The van der Waals surface area contributed by atoms with Gasteiger partial charge in [0.2, 0.25) is 6.19 Å². The van der Waals surface area contributed by atoms with E-state index >= 15 is 0 Å². The van der Waals surface area contributed by atoms with E-state index in [0.717, 1.165) is 11.3 Å². The fraction of sp³-hybridized carbons (Fsp3) is 0.125. The highest BCUT2D eigenvalue weighted by Gasteiger charge is 2.07. The van der Waals surface area contributed by atoms with Crippen molar-refractivity contribution in [2.24, 2.45) is 4.99 Å². The van der Waals surface area contributed by atoms with E-state index in [1.807, 2.05) is 54.3 Å². The van der Waals surface area contributed by atoms with Gasteiger partial charge in [-0.15, -0.1) is 0 Å². The zero-order chi connectivity index (χ0) is 13.5. The van der Waals surface area contributed by atoms with Crippen LogP contribution < -0.4 is 4.90 Å². The van der Waals surface area contributed by atoms with E-state index in [1.54, 1.807) is 12.5 Å². The second-order valence-electron chi connectivity index (χ2n) is 4.24. The van der Waals surface area contributed by atoms with Crippen molar-refractivity contribution in [3.05, 3.63) is 65.7 Å². The average molecular weight is 249 g/mol. The van der Waals surface area contributed by atoms with Crippen molar-refractivity contribution in [3.8, 4) is 6.19 Å². The van der Waals surface area contributed by atoms with E-state index in [9.17, 15) is 0 Å². The molecule has 0 fully saturated rings. The number of benzene rings is 2. The molecule has 2 aromatic carbocycles. The topological polar surface area (TPSA) is 39.4 Å². The predicted molar refractivity (Wildman–Crippen MR) is 77.9 cm³/mol. The van der Waals surface area contributed by atoms with Crippen LogP contribution >= 0.6 is 0 Å². The van der Waals surface area contributed by atoms with Crippen LogP contribution in [0.4, 0.5) is 5.69 Å². The van der Waals surface area contributed by atoms with E-state index < -0.39 is 0 Å². The lowest BCUT2D eigenvalue weighted by molar-refractivity contribution is 1.01. The minimum atomic E-state index is 0.691. The first-order valence-corrected chi connectivity index (χ1v) is 6.10. The summed E-state index contributed by atoms with van der Waals surface area (Å²) in [6, 6.07) is 18.2. The molecule has 0 unspecified atom stereocenters. The molecular formula is C16H15N3. The van der Waals surface area contributed by atoms with Gasteiger partial charge in [-0.2, -0.15) is 10.3 Å². The van der Waals surface area contributed by atoms with Crippen molar-refractivity contribution < 1.29 is 0 Å². The van der Waals surface area contributed by atoms with Gasteiger partial charge in [-0.05, 0) is 24.1 Å². The van der Waals surface area contributed by atoms with E-state index in [0.29, 0.717) is 6.54 Å². The molecule has 0 aromatic heterocycles. The molecule has 0 bridgehead atoms. The van der Waals surface area contributed by atoms with Crippen LogP contribution in [0.2, 0.25) is 0 Å². The zero-order valence-corrected chi connectivity index (χ0v) is 10.8. The molecule has 3 heteroatoms. The number of nitrogens with zero attached hydrogens (tertiary/aromatic N) is 3. The molecule has 0 aliphatic rings.